The third-order valence-corrected chi connectivity index (χ3v) is 8.65. The lowest BCUT2D eigenvalue weighted by atomic mass is 10.0. The maximum atomic E-state index is 5.84. The molecule has 0 heterocycles. The number of hydrogen-bond donors (Lipinski definition) is 0. The first-order valence-electron chi connectivity index (χ1n) is 10.3. The van der Waals surface area contributed by atoms with Crippen LogP contribution in [-0.2, 0) is 13.3 Å². The zero-order chi connectivity index (χ0) is 19.1. The molecular formula is C20H45NO3Si. The number of nitrogens with zero attached hydrogens (tertiary/aromatic N) is 1. The van der Waals surface area contributed by atoms with Gasteiger partial charge in [0.25, 0.3) is 0 Å². The van der Waals surface area contributed by atoms with E-state index in [2.05, 4.69) is 32.8 Å². The highest BCUT2D eigenvalue weighted by atomic mass is 28.4. The van der Waals surface area contributed by atoms with Crippen LogP contribution < -0.4 is 0 Å². The molecule has 0 saturated carbocycles. The van der Waals surface area contributed by atoms with Gasteiger partial charge in [0.15, 0.2) is 0 Å². The lowest BCUT2D eigenvalue weighted by molar-refractivity contribution is 0.101. The third-order valence-electron chi connectivity index (χ3n) is 5.42. The first-order valence-corrected chi connectivity index (χ1v) is 12.1. The Labute approximate surface area is 159 Å². The zero-order valence-electron chi connectivity index (χ0n) is 18.1. The Morgan fingerprint density at radius 1 is 0.720 bits per heavy atom. The summed E-state index contributed by atoms with van der Waals surface area (Å²) in [4.78, 5) is 2.35. The second-order valence-corrected chi connectivity index (χ2v) is 10.7. The SMILES string of the molecule is CCCCCCCCCC(CC(CCC)N(C)C)[Si](OC)(OC)OC. The molecule has 0 amide bonds. The fourth-order valence-corrected chi connectivity index (χ4v) is 6.40. The van der Waals surface area contributed by atoms with Crippen LogP contribution in [0.15, 0.2) is 0 Å². The van der Waals surface area contributed by atoms with Crippen LogP contribution in [0.1, 0.15) is 84.5 Å². The molecule has 0 N–H and O–H groups in total. The minimum absolute atomic E-state index is 0.377. The summed E-state index contributed by atoms with van der Waals surface area (Å²) in [5.41, 5.74) is 0.377. The van der Waals surface area contributed by atoms with Crippen LogP contribution in [0.25, 0.3) is 0 Å². The highest BCUT2D eigenvalue weighted by molar-refractivity contribution is 6.62. The van der Waals surface area contributed by atoms with Crippen LogP contribution in [0.4, 0.5) is 0 Å². The molecule has 0 spiro atoms. The molecule has 5 heteroatoms. The van der Waals surface area contributed by atoms with Crippen LogP contribution in [0.2, 0.25) is 5.54 Å². The molecule has 0 aromatic carbocycles. The predicted molar refractivity (Wildman–Crippen MR) is 110 cm³/mol. The molecule has 0 aliphatic rings. The lowest BCUT2D eigenvalue weighted by Crippen LogP contribution is -2.49. The number of rotatable bonds is 17. The Bertz CT molecular complexity index is 290. The van der Waals surface area contributed by atoms with Gasteiger partial charge in [-0.05, 0) is 33.4 Å². The summed E-state index contributed by atoms with van der Waals surface area (Å²) in [6.45, 7) is 4.53. The van der Waals surface area contributed by atoms with Crippen LogP contribution in [0.5, 0.6) is 0 Å². The molecule has 0 aromatic heterocycles. The highest BCUT2D eigenvalue weighted by Crippen LogP contribution is 2.35. The van der Waals surface area contributed by atoms with Crippen molar-refractivity contribution in [2.75, 3.05) is 35.4 Å². The normalized spacial score (nSPS) is 14.9. The summed E-state index contributed by atoms with van der Waals surface area (Å²) in [6, 6.07) is 0.562. The van der Waals surface area contributed by atoms with E-state index >= 15 is 0 Å². The molecule has 4 nitrogen and oxygen atoms in total. The molecule has 0 rings (SSSR count). The zero-order valence-corrected chi connectivity index (χ0v) is 19.1. The minimum Gasteiger partial charge on any atom is -0.377 e. The maximum absolute atomic E-state index is 5.84. The summed E-state index contributed by atoms with van der Waals surface area (Å²) in [5, 5.41) is 0. The molecule has 2 atom stereocenters. The van der Waals surface area contributed by atoms with Gasteiger partial charge in [0, 0.05) is 32.9 Å². The van der Waals surface area contributed by atoms with Gasteiger partial charge in [0.05, 0.1) is 0 Å². The smallest absolute Gasteiger partial charge is 0.377 e. The second kappa shape index (κ2) is 15.1. The van der Waals surface area contributed by atoms with Gasteiger partial charge in [0.1, 0.15) is 0 Å². The van der Waals surface area contributed by atoms with Crippen molar-refractivity contribution >= 4 is 8.80 Å². The number of unbranched alkanes of at least 4 members (excludes halogenated alkanes) is 6. The van der Waals surface area contributed by atoms with E-state index in [9.17, 15) is 0 Å². The Hall–Kier alpha value is 0.0569. The van der Waals surface area contributed by atoms with Gasteiger partial charge < -0.3 is 18.2 Å². The Morgan fingerprint density at radius 2 is 1.24 bits per heavy atom. The summed E-state index contributed by atoms with van der Waals surface area (Å²) in [7, 11) is 7.02. The second-order valence-electron chi connectivity index (χ2n) is 7.46. The fourth-order valence-electron chi connectivity index (χ4n) is 3.79. The Morgan fingerprint density at radius 3 is 1.68 bits per heavy atom. The van der Waals surface area contributed by atoms with E-state index in [1.165, 1.54) is 57.8 Å². The molecule has 2 unspecified atom stereocenters. The van der Waals surface area contributed by atoms with Gasteiger partial charge in [0.2, 0.25) is 0 Å². The van der Waals surface area contributed by atoms with Crippen LogP contribution in [0, 0.1) is 0 Å². The molecule has 0 fully saturated rings. The number of hydrogen-bond acceptors (Lipinski definition) is 4. The molecular weight excluding hydrogens is 330 g/mol. The molecule has 0 radical (unpaired) electrons. The quantitative estimate of drug-likeness (QED) is 0.248. The molecule has 152 valence electrons. The van der Waals surface area contributed by atoms with Crippen LogP contribution >= 0.6 is 0 Å². The Kier molecular flexibility index (Phi) is 15.2. The van der Waals surface area contributed by atoms with E-state index in [0.29, 0.717) is 11.6 Å². The summed E-state index contributed by atoms with van der Waals surface area (Å²) >= 11 is 0. The third kappa shape index (κ3) is 9.52. The van der Waals surface area contributed by atoms with Crippen molar-refractivity contribution in [3.8, 4) is 0 Å². The molecule has 0 bridgehead atoms. The first-order chi connectivity index (χ1) is 12.0. The van der Waals surface area contributed by atoms with Crippen molar-refractivity contribution in [1.29, 1.82) is 0 Å². The van der Waals surface area contributed by atoms with Crippen molar-refractivity contribution in [3.63, 3.8) is 0 Å². The maximum Gasteiger partial charge on any atom is 0.503 e. The van der Waals surface area contributed by atoms with Crippen LogP contribution in [0.3, 0.4) is 0 Å². The van der Waals surface area contributed by atoms with Crippen molar-refractivity contribution in [2.24, 2.45) is 0 Å². The van der Waals surface area contributed by atoms with E-state index < -0.39 is 8.80 Å². The Balaban J connectivity index is 4.72. The van der Waals surface area contributed by atoms with E-state index in [-0.39, 0.29) is 0 Å². The monoisotopic (exact) mass is 375 g/mol. The molecule has 0 saturated heterocycles. The molecule has 25 heavy (non-hydrogen) atoms. The van der Waals surface area contributed by atoms with Crippen molar-refractivity contribution in [2.45, 2.75) is 96.1 Å². The van der Waals surface area contributed by atoms with Gasteiger partial charge in [-0.1, -0.05) is 65.2 Å². The average molecular weight is 376 g/mol. The van der Waals surface area contributed by atoms with E-state index in [4.69, 9.17) is 13.3 Å². The average Bonchev–Trinajstić information content (AvgIpc) is 2.61. The van der Waals surface area contributed by atoms with E-state index in [1.54, 1.807) is 21.3 Å². The van der Waals surface area contributed by atoms with Gasteiger partial charge in [-0.15, -0.1) is 0 Å². The summed E-state index contributed by atoms with van der Waals surface area (Å²) < 4.78 is 17.5. The fraction of sp³-hybridized carbons (Fsp3) is 1.00. The van der Waals surface area contributed by atoms with Gasteiger partial charge >= 0.3 is 8.80 Å². The van der Waals surface area contributed by atoms with E-state index in [0.717, 1.165) is 12.8 Å². The molecule has 0 aliphatic carbocycles. The lowest BCUT2D eigenvalue weighted by Gasteiger charge is -2.36. The van der Waals surface area contributed by atoms with Gasteiger partial charge in [-0.2, -0.15) is 0 Å². The van der Waals surface area contributed by atoms with Crippen molar-refractivity contribution in [3.05, 3.63) is 0 Å². The van der Waals surface area contributed by atoms with Crippen LogP contribution in [-0.4, -0.2) is 55.2 Å². The van der Waals surface area contributed by atoms with Gasteiger partial charge in [-0.25, -0.2) is 0 Å². The topological polar surface area (TPSA) is 30.9 Å². The summed E-state index contributed by atoms with van der Waals surface area (Å²) in [5.74, 6) is 0. The molecule has 0 aromatic rings. The minimum atomic E-state index is -2.59. The standard InChI is InChI=1S/C20H45NO3Si/c1-8-10-11-12-13-14-15-17-20(25(22-5,23-6)24-7)18-19(16-9-2)21(3)4/h19-20H,8-18H2,1-7H3. The first kappa shape index (κ1) is 25.1. The predicted octanol–water partition coefficient (Wildman–Crippen LogP) is 5.50. The van der Waals surface area contributed by atoms with Crippen molar-refractivity contribution in [1.82, 2.24) is 4.90 Å². The molecule has 0 aliphatic heterocycles. The van der Waals surface area contributed by atoms with Crippen molar-refractivity contribution < 1.29 is 13.3 Å². The highest BCUT2D eigenvalue weighted by Gasteiger charge is 2.47. The largest absolute Gasteiger partial charge is 0.503 e. The van der Waals surface area contributed by atoms with Gasteiger partial charge in [-0.3, -0.25) is 0 Å². The summed E-state index contributed by atoms with van der Waals surface area (Å²) in [6.07, 6.45) is 14.0. The van der Waals surface area contributed by atoms with E-state index in [1.807, 2.05) is 0 Å².